The highest BCUT2D eigenvalue weighted by Gasteiger charge is 2.40. The van der Waals surface area contributed by atoms with Crippen molar-refractivity contribution in [2.24, 2.45) is 57.6 Å². The van der Waals surface area contributed by atoms with Crippen molar-refractivity contribution in [3.8, 4) is 0 Å². The van der Waals surface area contributed by atoms with Crippen LogP contribution in [0.15, 0.2) is 83.2 Å². The molecule has 5 aromatic rings. The Hall–Kier alpha value is -10.3. The third-order valence-electron chi connectivity index (χ3n) is 22.5. The molecular weight excluding hydrogens is 1610 g/mol. The first-order valence-corrected chi connectivity index (χ1v) is 45.3. The van der Waals surface area contributed by atoms with Crippen molar-refractivity contribution in [1.29, 1.82) is 0 Å². The van der Waals surface area contributed by atoms with E-state index in [1.54, 1.807) is 140 Å². The number of benzene rings is 2. The Bertz CT molecular complexity index is 4690. The van der Waals surface area contributed by atoms with Crippen molar-refractivity contribution in [1.82, 2.24) is 55.6 Å². The lowest BCUT2D eigenvalue weighted by molar-refractivity contribution is -0.136. The maximum Gasteiger partial charge on any atom is 0.419 e. The number of nitrogens with zero attached hydrogens (tertiary/aromatic N) is 7. The van der Waals surface area contributed by atoms with Crippen molar-refractivity contribution in [3.05, 3.63) is 95.3 Å². The minimum absolute atomic E-state index is 0.00387. The molecule has 8 N–H and O–H groups in total. The summed E-state index contributed by atoms with van der Waals surface area (Å²) in [6.07, 6.45) is 4.24. The minimum atomic E-state index is -1.46. The number of nitrogens with one attached hydrogen (secondary N) is 5. The molecule has 2 aliphatic rings. The van der Waals surface area contributed by atoms with Crippen LogP contribution in [0.5, 0.6) is 0 Å². The van der Waals surface area contributed by atoms with Crippen LogP contribution in [-0.2, 0) is 88.0 Å². The molecule has 6 amide bonds. The van der Waals surface area contributed by atoms with Crippen LogP contribution in [0.2, 0.25) is 0 Å². The lowest BCUT2D eigenvalue weighted by Gasteiger charge is -2.30. The molecule has 1 saturated heterocycles. The van der Waals surface area contributed by atoms with Crippen LogP contribution in [0.1, 0.15) is 270 Å². The van der Waals surface area contributed by atoms with Crippen LogP contribution in [0.4, 0.5) is 14.4 Å². The van der Waals surface area contributed by atoms with Gasteiger partial charge < -0.3 is 61.3 Å². The van der Waals surface area contributed by atoms with Gasteiger partial charge in [0.25, 0.3) is 0 Å². The molecule has 2 aromatic carbocycles. The van der Waals surface area contributed by atoms with E-state index in [2.05, 4.69) is 36.9 Å². The smallest absolute Gasteiger partial charge is 0.419 e. The number of aliphatic imine (C=N–C) groups is 1. The standard InChI is InChI=1S/C96H143N13O17/c1-59(2)45-73(79(112)53-68(85(116)98-19)50-70-48-63-33-21-23-38-76(63)108(70)91(122)125-94(11,12)13)101-87(118)67(37-27-32-44-107-58-69(104-105-107)54-72(97)89(120)106-42-30-20-31-43-106)52-80(113)84(61(5)6)103-88(119)66(36-26-29-41-100-90(121)124-93(8,9)10)51-78(111)74(55-71-49-64-34-22-24-39-77(64)109(71)92(123)126-95(14,15)16)102-86(117)65(47-62(7)110)35-25-28-40-99-75(46-60(3)4)83-81(114)56-96(17,18)57-82(83)115/h21-24,33-34,38-39,48-49,58-61,65-68,72-74,84,114H,20,25-32,35-37,40-47,50-57,97H2,1-19H3,(H,98,116)(H,100,121)(H,101,118)(H,102,117)(H,103,119). The third-order valence-corrected chi connectivity index (χ3v) is 22.5. The maximum atomic E-state index is 15.8. The van der Waals surface area contributed by atoms with E-state index in [9.17, 15) is 38.7 Å². The summed E-state index contributed by atoms with van der Waals surface area (Å²) in [6, 6.07) is 13.0. The molecule has 1 aliphatic carbocycles. The Kier molecular flexibility index (Phi) is 38.3. The highest BCUT2D eigenvalue weighted by atomic mass is 16.6. The van der Waals surface area contributed by atoms with Crippen LogP contribution in [0.3, 0.4) is 0 Å². The SMILES string of the molecule is CNC(=O)C(CC(=O)C(CC(C)C)NC(=O)C(CCCCn1cc(CC(N)C(=O)N2CCCCC2)nn1)CC(=O)C(NC(=O)C(CCCCNC(=O)OC(C)(C)C)CC(=O)C(Cc1cc2ccccc2n1C(=O)OC(C)(C)C)NC(=O)C(CCCCN=C(CC(C)C)C1=C(O)CC(C)(C)CC1=O)CC(C)=O)C(C)C)Cc1cc2ccccc2n1C(=O)OC(C)(C)C. The number of carbonyl (C=O) groups excluding carboxylic acids is 13. The first kappa shape index (κ1) is 103. The van der Waals surface area contributed by atoms with Crippen molar-refractivity contribution in [3.63, 3.8) is 0 Å². The van der Waals surface area contributed by atoms with Gasteiger partial charge in [-0.25, -0.2) is 23.5 Å². The second-order valence-electron chi connectivity index (χ2n) is 39.5. The number of aryl methyl sites for hydroxylation is 1. The second kappa shape index (κ2) is 47.0. The number of para-hydroxylation sites is 2. The van der Waals surface area contributed by atoms with Gasteiger partial charge in [-0.2, -0.15) is 0 Å². The van der Waals surface area contributed by atoms with E-state index in [0.29, 0.717) is 103 Å². The zero-order valence-electron chi connectivity index (χ0n) is 78.2. The summed E-state index contributed by atoms with van der Waals surface area (Å²) >= 11 is 0. The van der Waals surface area contributed by atoms with Crippen LogP contribution in [0.25, 0.3) is 21.8 Å². The van der Waals surface area contributed by atoms with E-state index in [1.165, 1.54) is 23.1 Å². The summed E-state index contributed by atoms with van der Waals surface area (Å²) in [5, 5.41) is 35.6. The number of hydrogen-bond donors (Lipinski definition) is 7. The van der Waals surface area contributed by atoms with E-state index in [4.69, 9.17) is 24.9 Å². The first-order chi connectivity index (χ1) is 59.1. The highest BCUT2D eigenvalue weighted by molar-refractivity contribution is 6.23. The molecule has 8 unspecified atom stereocenters. The fourth-order valence-electron chi connectivity index (χ4n) is 16.5. The van der Waals surface area contributed by atoms with Gasteiger partial charge in [0, 0.05) is 149 Å². The molecule has 1 fully saturated rings. The average molecular weight is 1750 g/mol. The zero-order valence-corrected chi connectivity index (χ0v) is 78.2. The molecule has 4 heterocycles. The van der Waals surface area contributed by atoms with Crippen LogP contribution >= 0.6 is 0 Å². The first-order valence-electron chi connectivity index (χ1n) is 45.3. The molecule has 3 aromatic heterocycles. The predicted octanol–water partition coefficient (Wildman–Crippen LogP) is 14.1. The van der Waals surface area contributed by atoms with Gasteiger partial charge in [0.2, 0.25) is 29.5 Å². The van der Waals surface area contributed by atoms with Crippen LogP contribution in [-0.4, -0.2) is 191 Å². The Labute approximate surface area is 743 Å². The lowest BCUT2D eigenvalue weighted by Crippen LogP contribution is -2.50. The van der Waals surface area contributed by atoms with Gasteiger partial charge >= 0.3 is 18.3 Å². The summed E-state index contributed by atoms with van der Waals surface area (Å²) in [7, 11) is 1.45. The number of aromatic nitrogens is 5. The Morgan fingerprint density at radius 2 is 1.09 bits per heavy atom. The van der Waals surface area contributed by atoms with E-state index in [0.717, 1.165) is 19.3 Å². The van der Waals surface area contributed by atoms with Gasteiger partial charge in [0.05, 0.1) is 52.4 Å². The van der Waals surface area contributed by atoms with E-state index >= 15 is 28.8 Å². The quantitative estimate of drug-likeness (QED) is 0.0108. The maximum absolute atomic E-state index is 15.8. The monoisotopic (exact) mass is 1750 g/mol. The number of unbranched alkanes of at least 4 members (excludes halogenated alkanes) is 3. The van der Waals surface area contributed by atoms with E-state index < -0.39 is 148 Å². The molecule has 0 saturated carbocycles. The van der Waals surface area contributed by atoms with Gasteiger partial charge in [0.1, 0.15) is 28.3 Å². The molecule has 0 radical (unpaired) electrons. The number of amides is 6. The molecular formula is C96H143N13O17. The summed E-state index contributed by atoms with van der Waals surface area (Å²) < 4.78 is 21.7. The van der Waals surface area contributed by atoms with Crippen molar-refractivity contribution < 1.29 is 81.6 Å². The highest BCUT2D eigenvalue weighted by Crippen LogP contribution is 2.38. The van der Waals surface area contributed by atoms with Crippen molar-refractivity contribution in [2.75, 3.05) is 33.2 Å². The van der Waals surface area contributed by atoms with Gasteiger partial charge in [-0.1, -0.05) is 116 Å². The predicted molar refractivity (Wildman–Crippen MR) is 484 cm³/mol. The Morgan fingerprint density at radius 1 is 0.579 bits per heavy atom. The number of fused-ring (bicyclic) bond motifs is 2. The van der Waals surface area contributed by atoms with Gasteiger partial charge in [0.15, 0.2) is 23.1 Å². The topological polar surface area (TPSA) is 412 Å². The summed E-state index contributed by atoms with van der Waals surface area (Å²) in [5.41, 5.74) is 6.32. The number of Topliss-reactive ketones (excluding diaryl/α,β-unsaturated/α-hetero) is 5. The molecule has 7 rings (SSSR count). The number of aliphatic hydroxyl groups excluding tert-OH is 1. The number of alkyl carbamates (subject to hydrolysis) is 1. The number of hydrogen-bond acceptors (Lipinski definition) is 21. The lowest BCUT2D eigenvalue weighted by atomic mass is 9.75. The number of rotatable bonds is 46. The Morgan fingerprint density at radius 3 is 1.62 bits per heavy atom. The molecule has 1 aliphatic heterocycles. The fraction of sp³-hybridized carbons (Fsp3) is 0.646. The molecule has 30 nitrogen and oxygen atoms in total. The fourth-order valence-corrected chi connectivity index (χ4v) is 16.5. The molecule has 694 valence electrons. The number of aliphatic hydroxyl groups is 1. The number of ether oxygens (including phenoxy) is 3. The summed E-state index contributed by atoms with van der Waals surface area (Å²) in [6.45, 7) is 33.9. The number of nitrogens with two attached hydrogens (primary N) is 1. The Balaban J connectivity index is 1.21. The third kappa shape index (κ3) is 32.6. The molecule has 30 heteroatoms. The number of carbonyl (C=O) groups is 13. The minimum Gasteiger partial charge on any atom is -0.511 e. The molecule has 0 bridgehead atoms. The van der Waals surface area contributed by atoms with Gasteiger partial charge in [-0.15, -0.1) is 5.10 Å². The van der Waals surface area contributed by atoms with Crippen molar-refractivity contribution >= 4 is 104 Å². The summed E-state index contributed by atoms with van der Waals surface area (Å²) in [4.78, 5) is 195. The zero-order chi connectivity index (χ0) is 93.3. The van der Waals surface area contributed by atoms with Gasteiger partial charge in [-0.3, -0.25) is 52.8 Å². The number of ketones is 5. The number of likely N-dealkylation sites (tertiary alicyclic amines) is 1. The number of piperidine rings is 1. The summed E-state index contributed by atoms with van der Waals surface area (Å²) in [5.74, 6) is -9.85. The van der Waals surface area contributed by atoms with E-state index in [1.807, 2.05) is 53.7 Å². The molecule has 0 spiro atoms. The van der Waals surface area contributed by atoms with Crippen LogP contribution < -0.4 is 32.3 Å². The van der Waals surface area contributed by atoms with E-state index in [-0.39, 0.29) is 130 Å². The normalized spacial score (nSPS) is 16.0. The van der Waals surface area contributed by atoms with Crippen LogP contribution in [0, 0.1) is 46.8 Å². The number of allylic oxidation sites excluding steroid dienone is 2. The largest absolute Gasteiger partial charge is 0.511 e. The molecule has 8 atom stereocenters. The van der Waals surface area contributed by atoms with Gasteiger partial charge in [-0.05, 0) is 187 Å². The molecule has 126 heavy (non-hydrogen) atoms. The van der Waals surface area contributed by atoms with Crippen molar-refractivity contribution in [2.45, 2.75) is 320 Å². The average Bonchev–Trinajstić information content (AvgIpc) is 1.60. The second-order valence-corrected chi connectivity index (χ2v) is 39.5.